The molecule has 0 atom stereocenters. The average molecular weight is 385 g/mol. The number of aryl methyl sites for hydroxylation is 2. The second kappa shape index (κ2) is 12.4. The van der Waals surface area contributed by atoms with Crippen LogP contribution in [0, 0.1) is 0 Å². The lowest BCUT2D eigenvalue weighted by atomic mass is 10.1. The van der Waals surface area contributed by atoms with Gasteiger partial charge in [0.25, 0.3) is 0 Å². The lowest BCUT2D eigenvalue weighted by Crippen LogP contribution is -2.14. The number of benzene rings is 2. The average Bonchev–Trinajstić information content (AvgIpc) is 2.67. The first-order chi connectivity index (χ1) is 13.6. The Bertz CT molecular complexity index is 626. The molecule has 0 bridgehead atoms. The minimum absolute atomic E-state index is 0.552. The maximum Gasteiger partial charge on any atom is 0.122 e. The second-order valence-electron chi connectivity index (χ2n) is 7.73. The molecule has 0 aliphatic heterocycles. The molecule has 4 heteroatoms. The number of hydrogen-bond acceptors (Lipinski definition) is 4. The van der Waals surface area contributed by atoms with Crippen LogP contribution in [0.2, 0.25) is 0 Å². The predicted molar refractivity (Wildman–Crippen MR) is 118 cm³/mol. The number of hydrogen-bond donors (Lipinski definition) is 0. The first-order valence-electron chi connectivity index (χ1n) is 10.3. The van der Waals surface area contributed by atoms with E-state index in [1.54, 1.807) is 0 Å². The zero-order valence-electron chi connectivity index (χ0n) is 18.0. The van der Waals surface area contributed by atoms with Crippen LogP contribution in [0.5, 0.6) is 11.5 Å². The SMILES string of the molecule is CN(C)CCCc1ccccc1OCCOc1ccccc1CCCN(C)C. The van der Waals surface area contributed by atoms with Crippen LogP contribution >= 0.6 is 0 Å². The van der Waals surface area contributed by atoms with Crippen molar-refractivity contribution in [2.75, 3.05) is 54.5 Å². The molecule has 0 aliphatic carbocycles. The van der Waals surface area contributed by atoms with Crippen molar-refractivity contribution in [2.45, 2.75) is 25.7 Å². The van der Waals surface area contributed by atoms with Crippen LogP contribution in [0.1, 0.15) is 24.0 Å². The van der Waals surface area contributed by atoms with Gasteiger partial charge in [-0.2, -0.15) is 0 Å². The predicted octanol–water partition coefficient (Wildman–Crippen LogP) is 4.13. The zero-order chi connectivity index (χ0) is 20.2. The van der Waals surface area contributed by atoms with Gasteiger partial charge in [-0.1, -0.05) is 36.4 Å². The van der Waals surface area contributed by atoms with Crippen molar-refractivity contribution in [3.8, 4) is 11.5 Å². The summed E-state index contributed by atoms with van der Waals surface area (Å²) in [6.07, 6.45) is 4.32. The van der Waals surface area contributed by atoms with E-state index in [1.807, 2.05) is 12.1 Å². The van der Waals surface area contributed by atoms with Crippen LogP contribution in [0.15, 0.2) is 48.5 Å². The van der Waals surface area contributed by atoms with Crippen molar-refractivity contribution in [1.82, 2.24) is 9.80 Å². The molecule has 0 aliphatic rings. The van der Waals surface area contributed by atoms with E-state index in [0.717, 1.165) is 50.3 Å². The minimum Gasteiger partial charge on any atom is -0.490 e. The smallest absolute Gasteiger partial charge is 0.122 e. The molecule has 0 saturated heterocycles. The molecule has 0 heterocycles. The molecular weight excluding hydrogens is 348 g/mol. The number of rotatable bonds is 13. The second-order valence-corrected chi connectivity index (χ2v) is 7.73. The zero-order valence-corrected chi connectivity index (χ0v) is 18.0. The number of ether oxygens (including phenoxy) is 2. The summed E-state index contributed by atoms with van der Waals surface area (Å²) >= 11 is 0. The molecule has 0 spiro atoms. The van der Waals surface area contributed by atoms with Crippen molar-refractivity contribution in [2.24, 2.45) is 0 Å². The molecule has 0 amide bonds. The first-order valence-corrected chi connectivity index (χ1v) is 10.3. The Kier molecular flexibility index (Phi) is 9.87. The Morgan fingerprint density at radius 3 is 1.39 bits per heavy atom. The van der Waals surface area contributed by atoms with Crippen LogP contribution in [0.3, 0.4) is 0 Å². The van der Waals surface area contributed by atoms with Gasteiger partial charge in [0.1, 0.15) is 24.7 Å². The molecule has 0 aromatic heterocycles. The van der Waals surface area contributed by atoms with Crippen molar-refractivity contribution < 1.29 is 9.47 Å². The van der Waals surface area contributed by atoms with Crippen LogP contribution < -0.4 is 9.47 Å². The molecule has 4 nitrogen and oxygen atoms in total. The summed E-state index contributed by atoms with van der Waals surface area (Å²) in [6.45, 7) is 3.28. The van der Waals surface area contributed by atoms with Gasteiger partial charge in [0.05, 0.1) is 0 Å². The van der Waals surface area contributed by atoms with E-state index in [2.05, 4.69) is 74.4 Å². The van der Waals surface area contributed by atoms with Crippen molar-refractivity contribution >= 4 is 0 Å². The van der Waals surface area contributed by atoms with E-state index in [0.29, 0.717) is 13.2 Å². The van der Waals surface area contributed by atoms with E-state index in [4.69, 9.17) is 9.47 Å². The minimum atomic E-state index is 0.552. The Morgan fingerprint density at radius 1 is 0.607 bits per heavy atom. The first kappa shape index (κ1) is 22.3. The van der Waals surface area contributed by atoms with Gasteiger partial charge in [-0.25, -0.2) is 0 Å². The van der Waals surface area contributed by atoms with Crippen LogP contribution in [-0.2, 0) is 12.8 Å². The topological polar surface area (TPSA) is 24.9 Å². The fourth-order valence-corrected chi connectivity index (χ4v) is 3.18. The fraction of sp³-hybridized carbons (Fsp3) is 0.500. The van der Waals surface area contributed by atoms with Gasteiger partial charge in [0, 0.05) is 0 Å². The molecule has 0 unspecified atom stereocenters. The van der Waals surface area contributed by atoms with Gasteiger partial charge < -0.3 is 19.3 Å². The lowest BCUT2D eigenvalue weighted by Gasteiger charge is -2.15. The van der Waals surface area contributed by atoms with Gasteiger partial charge in [0.15, 0.2) is 0 Å². The molecule has 0 N–H and O–H groups in total. The summed E-state index contributed by atoms with van der Waals surface area (Å²) < 4.78 is 12.0. The molecule has 2 aromatic carbocycles. The van der Waals surface area contributed by atoms with Crippen molar-refractivity contribution in [3.05, 3.63) is 59.7 Å². The van der Waals surface area contributed by atoms with E-state index >= 15 is 0 Å². The summed E-state index contributed by atoms with van der Waals surface area (Å²) in [5.74, 6) is 1.95. The van der Waals surface area contributed by atoms with E-state index in [-0.39, 0.29) is 0 Å². The molecule has 2 rings (SSSR count). The third-order valence-corrected chi connectivity index (χ3v) is 4.65. The molecule has 154 valence electrons. The van der Waals surface area contributed by atoms with E-state index in [9.17, 15) is 0 Å². The van der Waals surface area contributed by atoms with E-state index < -0.39 is 0 Å². The highest BCUT2D eigenvalue weighted by atomic mass is 16.5. The van der Waals surface area contributed by atoms with Crippen molar-refractivity contribution in [1.29, 1.82) is 0 Å². The molecule has 0 saturated carbocycles. The van der Waals surface area contributed by atoms with Gasteiger partial charge in [0.2, 0.25) is 0 Å². The lowest BCUT2D eigenvalue weighted by molar-refractivity contribution is 0.214. The summed E-state index contributed by atoms with van der Waals surface area (Å²) in [5.41, 5.74) is 2.54. The molecular formula is C24H36N2O2. The van der Waals surface area contributed by atoms with Gasteiger partial charge in [-0.05, 0) is 90.2 Å². The highest BCUT2D eigenvalue weighted by Crippen LogP contribution is 2.21. The maximum absolute atomic E-state index is 6.02. The van der Waals surface area contributed by atoms with Gasteiger partial charge in [-0.15, -0.1) is 0 Å². The number of nitrogens with zero attached hydrogens (tertiary/aromatic N) is 2. The summed E-state index contributed by atoms with van der Waals surface area (Å²) in [5, 5.41) is 0. The Labute approximate surface area is 171 Å². The summed E-state index contributed by atoms with van der Waals surface area (Å²) in [7, 11) is 8.44. The largest absolute Gasteiger partial charge is 0.490 e. The molecule has 28 heavy (non-hydrogen) atoms. The van der Waals surface area contributed by atoms with Crippen LogP contribution in [-0.4, -0.2) is 64.3 Å². The molecule has 2 aromatic rings. The third-order valence-electron chi connectivity index (χ3n) is 4.65. The van der Waals surface area contributed by atoms with Crippen molar-refractivity contribution in [3.63, 3.8) is 0 Å². The van der Waals surface area contributed by atoms with Crippen LogP contribution in [0.4, 0.5) is 0 Å². The highest BCUT2D eigenvalue weighted by molar-refractivity contribution is 5.34. The molecule has 0 fully saturated rings. The van der Waals surface area contributed by atoms with Gasteiger partial charge in [-0.3, -0.25) is 0 Å². The van der Waals surface area contributed by atoms with Gasteiger partial charge >= 0.3 is 0 Å². The maximum atomic E-state index is 6.02. The normalized spacial score (nSPS) is 11.2. The van der Waals surface area contributed by atoms with Crippen LogP contribution in [0.25, 0.3) is 0 Å². The standard InChI is InChI=1S/C24H36N2O2/c1-25(2)17-9-13-21-11-5-7-15-23(21)27-19-20-28-24-16-8-6-12-22(24)14-10-18-26(3)4/h5-8,11-12,15-16H,9-10,13-14,17-20H2,1-4H3. The third kappa shape index (κ3) is 8.32. The highest BCUT2D eigenvalue weighted by Gasteiger charge is 2.06. The number of para-hydroxylation sites is 2. The Balaban J connectivity index is 1.80. The summed E-state index contributed by atoms with van der Waals surface area (Å²) in [4.78, 5) is 4.43. The quantitative estimate of drug-likeness (QED) is 0.485. The Morgan fingerprint density at radius 2 is 1.00 bits per heavy atom. The Hall–Kier alpha value is -2.04. The van der Waals surface area contributed by atoms with E-state index in [1.165, 1.54) is 11.1 Å². The summed E-state index contributed by atoms with van der Waals surface area (Å²) in [6, 6.07) is 16.7. The molecule has 0 radical (unpaired) electrons. The fourth-order valence-electron chi connectivity index (χ4n) is 3.18. The monoisotopic (exact) mass is 384 g/mol.